The van der Waals surface area contributed by atoms with Crippen molar-refractivity contribution in [2.45, 2.75) is 25.7 Å². The number of carbonyl (C=O) groups is 1. The van der Waals surface area contributed by atoms with Crippen LogP contribution in [-0.4, -0.2) is 41.4 Å². The van der Waals surface area contributed by atoms with Gasteiger partial charge < -0.3 is 14.4 Å². The van der Waals surface area contributed by atoms with Crippen molar-refractivity contribution >= 4 is 40.2 Å². The number of carboxylic acid groups (broad SMARTS) is 1. The summed E-state index contributed by atoms with van der Waals surface area (Å²) in [6.45, 7) is 0. The highest BCUT2D eigenvalue weighted by atomic mass is 16.4. The van der Waals surface area contributed by atoms with E-state index in [-0.39, 0.29) is 27.9 Å². The van der Waals surface area contributed by atoms with E-state index in [0.717, 1.165) is 24.3 Å². The lowest BCUT2D eigenvalue weighted by Crippen LogP contribution is -2.09. The molecular formula is C21H21N3O4. The fraction of sp³-hybridized carbons (Fsp3) is 0.333. The maximum Gasteiger partial charge on any atom is 0.339 e. The molecule has 2 heterocycles. The highest BCUT2D eigenvalue weighted by Gasteiger charge is 2.21. The van der Waals surface area contributed by atoms with Crippen molar-refractivity contribution in [1.82, 2.24) is 9.88 Å². The van der Waals surface area contributed by atoms with Crippen LogP contribution in [0.4, 0.5) is 5.82 Å². The molecule has 144 valence electrons. The van der Waals surface area contributed by atoms with E-state index < -0.39 is 5.97 Å². The van der Waals surface area contributed by atoms with E-state index in [1.165, 1.54) is 25.2 Å². The molecule has 0 spiro atoms. The number of pyridine rings is 1. The van der Waals surface area contributed by atoms with Gasteiger partial charge in [0, 0.05) is 14.1 Å². The van der Waals surface area contributed by atoms with E-state index >= 15 is 0 Å². The second-order valence-electron chi connectivity index (χ2n) is 7.47. The van der Waals surface area contributed by atoms with Crippen molar-refractivity contribution in [2.24, 2.45) is 10.9 Å². The van der Waals surface area contributed by atoms with Gasteiger partial charge >= 0.3 is 5.97 Å². The van der Waals surface area contributed by atoms with E-state index in [1.807, 2.05) is 12.1 Å². The number of rotatable bonds is 6. The smallest absolute Gasteiger partial charge is 0.339 e. The Morgan fingerprint density at radius 2 is 2.11 bits per heavy atom. The number of nitrogens with zero attached hydrogens (tertiary/aromatic N) is 3. The summed E-state index contributed by atoms with van der Waals surface area (Å²) in [5, 5.41) is 10.1. The van der Waals surface area contributed by atoms with Crippen LogP contribution in [0.1, 0.15) is 35.2 Å². The van der Waals surface area contributed by atoms with Gasteiger partial charge in [0.1, 0.15) is 11.1 Å². The third kappa shape index (κ3) is 3.60. The van der Waals surface area contributed by atoms with Gasteiger partial charge in [-0.05, 0) is 42.5 Å². The number of hydrogen-bond donors (Lipinski definition) is 1. The summed E-state index contributed by atoms with van der Waals surface area (Å²) in [6, 6.07) is 6.90. The van der Waals surface area contributed by atoms with E-state index in [4.69, 9.17) is 4.42 Å². The van der Waals surface area contributed by atoms with Crippen molar-refractivity contribution < 1.29 is 14.3 Å². The zero-order valence-corrected chi connectivity index (χ0v) is 15.8. The first-order chi connectivity index (χ1) is 13.4. The van der Waals surface area contributed by atoms with Crippen LogP contribution in [0.15, 0.2) is 38.5 Å². The molecule has 7 nitrogen and oxygen atoms in total. The number of benzene rings is 1. The molecule has 0 amide bonds. The molecule has 7 heteroatoms. The standard InChI is InChI=1S/C21H21N3O4/c1-24(2)11-22-19-16(21(26)27)10-15-18(25)14-9-13(6-5-12-3-4-12)7-8-17(14)28-20(15)23-19/h7-12H,3-6H2,1-2H3,(H,26,27). The molecule has 1 N–H and O–H groups in total. The zero-order valence-electron chi connectivity index (χ0n) is 15.8. The minimum Gasteiger partial charge on any atom is -0.478 e. The molecule has 1 aliphatic carbocycles. The van der Waals surface area contributed by atoms with E-state index in [9.17, 15) is 14.7 Å². The number of carboxylic acids is 1. The summed E-state index contributed by atoms with van der Waals surface area (Å²) in [5.74, 6) is -0.387. The van der Waals surface area contributed by atoms with Crippen molar-refractivity contribution in [1.29, 1.82) is 0 Å². The van der Waals surface area contributed by atoms with Gasteiger partial charge in [-0.25, -0.2) is 9.79 Å². The topological polar surface area (TPSA) is 96.0 Å². The molecule has 1 aliphatic rings. The summed E-state index contributed by atoms with van der Waals surface area (Å²) in [4.78, 5) is 34.6. The Kier molecular flexibility index (Phi) is 4.58. The predicted molar refractivity (Wildman–Crippen MR) is 108 cm³/mol. The summed E-state index contributed by atoms with van der Waals surface area (Å²) in [7, 11) is 3.53. The Labute approximate surface area is 161 Å². The lowest BCUT2D eigenvalue weighted by atomic mass is 10.0. The molecule has 0 saturated heterocycles. The van der Waals surface area contributed by atoms with Gasteiger partial charge in [-0.3, -0.25) is 4.79 Å². The van der Waals surface area contributed by atoms with Crippen LogP contribution in [0.2, 0.25) is 0 Å². The third-order valence-corrected chi connectivity index (χ3v) is 4.89. The molecule has 1 saturated carbocycles. The normalized spacial score (nSPS) is 14.2. The Balaban J connectivity index is 1.85. The van der Waals surface area contributed by atoms with Crippen LogP contribution in [0, 0.1) is 5.92 Å². The van der Waals surface area contributed by atoms with Crippen LogP contribution < -0.4 is 5.43 Å². The molecule has 0 atom stereocenters. The minimum atomic E-state index is -1.20. The molecule has 0 aliphatic heterocycles. The Hall–Kier alpha value is -3.22. The molecule has 2 aromatic heterocycles. The highest BCUT2D eigenvalue weighted by molar-refractivity contribution is 5.98. The molecule has 28 heavy (non-hydrogen) atoms. The molecule has 0 bridgehead atoms. The maximum absolute atomic E-state index is 13.0. The number of fused-ring (bicyclic) bond motifs is 2. The second-order valence-corrected chi connectivity index (χ2v) is 7.47. The van der Waals surface area contributed by atoms with Crippen molar-refractivity contribution in [3.63, 3.8) is 0 Å². The monoisotopic (exact) mass is 379 g/mol. The van der Waals surface area contributed by atoms with Crippen molar-refractivity contribution in [3.8, 4) is 0 Å². The van der Waals surface area contributed by atoms with E-state index in [0.29, 0.717) is 11.0 Å². The lowest BCUT2D eigenvalue weighted by molar-refractivity contribution is 0.0697. The largest absolute Gasteiger partial charge is 0.478 e. The maximum atomic E-state index is 13.0. The van der Waals surface area contributed by atoms with Crippen LogP contribution in [0.25, 0.3) is 22.1 Å². The molecule has 1 fully saturated rings. The predicted octanol–water partition coefficient (Wildman–Crippen LogP) is 3.60. The van der Waals surface area contributed by atoms with E-state index in [2.05, 4.69) is 9.98 Å². The van der Waals surface area contributed by atoms with Gasteiger partial charge in [0.15, 0.2) is 5.82 Å². The summed E-state index contributed by atoms with van der Waals surface area (Å²) in [5.41, 5.74) is 1.19. The average molecular weight is 379 g/mol. The molecular weight excluding hydrogens is 358 g/mol. The van der Waals surface area contributed by atoms with Gasteiger partial charge in [0.25, 0.3) is 0 Å². The Morgan fingerprint density at radius 3 is 2.79 bits per heavy atom. The fourth-order valence-corrected chi connectivity index (χ4v) is 3.18. The highest BCUT2D eigenvalue weighted by Crippen LogP contribution is 2.33. The number of aromatic carboxylic acids is 1. The van der Waals surface area contributed by atoms with Gasteiger partial charge in [-0.2, -0.15) is 4.98 Å². The number of aromatic nitrogens is 1. The summed E-state index contributed by atoms with van der Waals surface area (Å²) >= 11 is 0. The SMILES string of the molecule is CN(C)C=Nc1nc2oc3ccc(CCC4CC4)cc3c(=O)c2cc1C(=O)O. The van der Waals surface area contributed by atoms with Crippen LogP contribution in [0.5, 0.6) is 0 Å². The van der Waals surface area contributed by atoms with Gasteiger partial charge in [-0.15, -0.1) is 0 Å². The van der Waals surface area contributed by atoms with Crippen LogP contribution in [0.3, 0.4) is 0 Å². The first-order valence-corrected chi connectivity index (χ1v) is 9.27. The number of aryl methyl sites for hydroxylation is 1. The summed E-state index contributed by atoms with van der Waals surface area (Å²) in [6.07, 6.45) is 6.09. The summed E-state index contributed by atoms with van der Waals surface area (Å²) < 4.78 is 5.81. The van der Waals surface area contributed by atoms with Crippen molar-refractivity contribution in [2.75, 3.05) is 14.1 Å². The molecule has 0 unspecified atom stereocenters. The first-order valence-electron chi connectivity index (χ1n) is 9.27. The van der Waals surface area contributed by atoms with Gasteiger partial charge in [0.2, 0.25) is 11.1 Å². The van der Waals surface area contributed by atoms with Gasteiger partial charge in [-0.1, -0.05) is 18.9 Å². The fourth-order valence-electron chi connectivity index (χ4n) is 3.18. The quantitative estimate of drug-likeness (QED) is 0.399. The lowest BCUT2D eigenvalue weighted by Gasteiger charge is -2.07. The zero-order chi connectivity index (χ0) is 19.8. The van der Waals surface area contributed by atoms with Gasteiger partial charge in [0.05, 0.1) is 17.1 Å². The van der Waals surface area contributed by atoms with Crippen LogP contribution >= 0.6 is 0 Å². The first kappa shape index (κ1) is 18.2. The van der Waals surface area contributed by atoms with E-state index in [1.54, 1.807) is 25.1 Å². The third-order valence-electron chi connectivity index (χ3n) is 4.89. The molecule has 1 aromatic carbocycles. The number of aliphatic imine (C=N–C) groups is 1. The molecule has 4 rings (SSSR count). The number of hydrogen-bond acceptors (Lipinski definition) is 5. The second kappa shape index (κ2) is 7.07. The Bertz CT molecular complexity index is 1160. The minimum absolute atomic E-state index is 0.00254. The van der Waals surface area contributed by atoms with Crippen molar-refractivity contribution in [3.05, 3.63) is 45.6 Å². The average Bonchev–Trinajstić information content (AvgIpc) is 3.49. The molecule has 0 radical (unpaired) electrons. The Morgan fingerprint density at radius 1 is 1.32 bits per heavy atom. The molecule has 3 aromatic rings. The van der Waals surface area contributed by atoms with Crippen LogP contribution in [-0.2, 0) is 6.42 Å².